The Hall–Kier alpha value is -2.88. The minimum atomic E-state index is -5.93. The molecule has 0 amide bonds. The number of nitrogens with zero attached hydrogens (tertiary/aromatic N) is 2. The topological polar surface area (TPSA) is 35.9 Å². The first kappa shape index (κ1) is 30.7. The fourth-order valence-electron chi connectivity index (χ4n) is 4.83. The fourth-order valence-corrected chi connectivity index (χ4v) is 4.83. The van der Waals surface area contributed by atoms with Gasteiger partial charge in [-0.15, -0.1) is 0 Å². The van der Waals surface area contributed by atoms with Crippen LogP contribution < -0.4 is 9.64 Å². The predicted octanol–water partition coefficient (Wildman–Crippen LogP) is 7.70. The van der Waals surface area contributed by atoms with E-state index in [1.54, 1.807) is 13.8 Å². The van der Waals surface area contributed by atoms with E-state index in [2.05, 4.69) is 16.0 Å². The second-order valence-corrected chi connectivity index (χ2v) is 9.87. The summed E-state index contributed by atoms with van der Waals surface area (Å²) in [4.78, 5) is 4.40. The lowest BCUT2D eigenvalue weighted by molar-refractivity contribution is -0.376. The van der Waals surface area contributed by atoms with Crippen LogP contribution in [-0.2, 0) is 18.4 Å². The predicted molar refractivity (Wildman–Crippen MR) is 139 cm³/mol. The Morgan fingerprint density at radius 2 is 1.44 bits per heavy atom. The third-order valence-electron chi connectivity index (χ3n) is 6.79. The van der Waals surface area contributed by atoms with Gasteiger partial charge in [-0.3, -0.25) is 0 Å². The lowest BCUT2D eigenvalue weighted by Gasteiger charge is -2.33. The Balaban J connectivity index is 1.71. The number of alkyl halides is 6. The normalized spacial score (nSPS) is 14.7. The van der Waals surface area contributed by atoms with Crippen LogP contribution >= 0.6 is 0 Å². The smallest absolute Gasteiger partial charge is 0.430 e. The van der Waals surface area contributed by atoms with Gasteiger partial charge in [-0.1, -0.05) is 44.9 Å². The lowest BCUT2D eigenvalue weighted by atomic mass is 9.87. The van der Waals surface area contributed by atoms with E-state index in [4.69, 9.17) is 4.74 Å². The van der Waals surface area contributed by atoms with Crippen molar-refractivity contribution in [2.45, 2.75) is 77.2 Å². The Morgan fingerprint density at radius 3 is 1.95 bits per heavy atom. The maximum absolute atomic E-state index is 13.6. The van der Waals surface area contributed by atoms with E-state index < -0.39 is 23.5 Å². The van der Waals surface area contributed by atoms with E-state index >= 15 is 0 Å². The molecule has 39 heavy (non-hydrogen) atoms. The molecule has 2 aromatic rings. The van der Waals surface area contributed by atoms with Gasteiger partial charge in [-0.05, 0) is 68.0 Å². The molecule has 2 aromatic carbocycles. The number of benzene rings is 2. The van der Waals surface area contributed by atoms with Crippen LogP contribution in [0.1, 0.15) is 63.1 Å². The first-order valence-electron chi connectivity index (χ1n) is 13.2. The zero-order chi connectivity index (χ0) is 28.8. The van der Waals surface area contributed by atoms with E-state index in [0.29, 0.717) is 25.0 Å². The molecule has 0 aliphatic carbocycles. The van der Waals surface area contributed by atoms with Crippen LogP contribution in [0.15, 0.2) is 54.4 Å². The van der Waals surface area contributed by atoms with Crippen LogP contribution in [0.25, 0.3) is 0 Å². The Kier molecular flexibility index (Phi) is 9.85. The van der Waals surface area contributed by atoms with Crippen LogP contribution in [0.3, 0.4) is 0 Å². The monoisotopic (exact) mass is 558 g/mol. The Labute approximate surface area is 225 Å². The van der Waals surface area contributed by atoms with Crippen molar-refractivity contribution in [3.63, 3.8) is 0 Å². The molecule has 0 aromatic heterocycles. The number of anilines is 1. The zero-order valence-corrected chi connectivity index (χ0v) is 22.5. The maximum Gasteiger partial charge on any atom is 0.430 e. The highest BCUT2D eigenvalue weighted by molar-refractivity contribution is 5.52. The average Bonchev–Trinajstić information content (AvgIpc) is 3.24. The van der Waals surface area contributed by atoms with E-state index in [1.165, 1.54) is 0 Å². The van der Waals surface area contributed by atoms with Gasteiger partial charge in [0, 0.05) is 29.7 Å². The van der Waals surface area contributed by atoms with Gasteiger partial charge in [0.25, 0.3) is 5.60 Å². The zero-order valence-electron chi connectivity index (χ0n) is 22.5. The van der Waals surface area contributed by atoms with Crippen molar-refractivity contribution >= 4 is 5.69 Å². The molecule has 4 nitrogen and oxygen atoms in total. The number of hydrogen-bond acceptors (Lipinski definition) is 4. The summed E-state index contributed by atoms with van der Waals surface area (Å²) in [6, 6.07) is 11.6. The lowest BCUT2D eigenvalue weighted by Crippen LogP contribution is -2.54. The molecular weight excluding hydrogens is 522 g/mol. The number of halogens is 6. The van der Waals surface area contributed by atoms with Crippen molar-refractivity contribution in [2.24, 2.45) is 0 Å². The highest BCUT2D eigenvalue weighted by atomic mass is 19.4. The number of aliphatic hydroxyl groups is 1. The summed E-state index contributed by atoms with van der Waals surface area (Å²) in [5, 5.41) is 9.99. The van der Waals surface area contributed by atoms with Crippen molar-refractivity contribution < 1.29 is 36.2 Å². The third kappa shape index (κ3) is 6.83. The molecule has 0 saturated carbocycles. The molecule has 0 spiro atoms. The molecule has 1 heterocycles. The van der Waals surface area contributed by atoms with Crippen LogP contribution in [0, 0.1) is 0 Å². The molecule has 216 valence electrons. The highest BCUT2D eigenvalue weighted by Gasteiger charge is 2.71. The van der Waals surface area contributed by atoms with Gasteiger partial charge in [0.2, 0.25) is 0 Å². The highest BCUT2D eigenvalue weighted by Crippen LogP contribution is 2.51. The van der Waals surface area contributed by atoms with Gasteiger partial charge >= 0.3 is 12.4 Å². The summed E-state index contributed by atoms with van der Waals surface area (Å²) in [6.45, 7) is 7.37. The van der Waals surface area contributed by atoms with Gasteiger partial charge in [0.1, 0.15) is 5.75 Å². The number of hydrogen-bond donors (Lipinski definition) is 1. The van der Waals surface area contributed by atoms with Gasteiger partial charge in [-0.25, -0.2) is 0 Å². The van der Waals surface area contributed by atoms with Gasteiger partial charge in [0.05, 0.1) is 13.3 Å². The first-order valence-corrected chi connectivity index (χ1v) is 13.2. The SMILES string of the molecule is CCCc1cc(C(O)(C(F)(F)F)C(F)(F)F)cc(CCC)c1OCCCCN1C=C(C)N(c2ccccc2)C1. The average molecular weight is 559 g/mol. The van der Waals surface area contributed by atoms with Crippen LogP contribution in [0.2, 0.25) is 0 Å². The van der Waals surface area contributed by atoms with E-state index in [-0.39, 0.29) is 30.6 Å². The summed E-state index contributed by atoms with van der Waals surface area (Å²) in [6.07, 6.45) is -6.91. The Morgan fingerprint density at radius 1 is 0.872 bits per heavy atom. The number of unbranched alkanes of at least 4 members (excludes halogenated alkanes) is 1. The molecule has 1 N–H and O–H groups in total. The molecule has 0 fully saturated rings. The van der Waals surface area contributed by atoms with Crippen molar-refractivity contribution in [3.05, 3.63) is 71.1 Å². The summed E-state index contributed by atoms with van der Waals surface area (Å²) in [5.74, 6) is 0.321. The minimum Gasteiger partial charge on any atom is -0.493 e. The summed E-state index contributed by atoms with van der Waals surface area (Å²) < 4.78 is 87.4. The second kappa shape index (κ2) is 12.5. The summed E-state index contributed by atoms with van der Waals surface area (Å²) in [5.41, 5.74) is -3.47. The first-order chi connectivity index (χ1) is 18.3. The van der Waals surface area contributed by atoms with Crippen molar-refractivity contribution in [1.82, 2.24) is 4.90 Å². The van der Waals surface area contributed by atoms with Crippen LogP contribution in [-0.4, -0.2) is 42.2 Å². The van der Waals surface area contributed by atoms with Gasteiger partial charge < -0.3 is 19.6 Å². The molecule has 0 atom stereocenters. The van der Waals surface area contributed by atoms with Gasteiger partial charge in [-0.2, -0.15) is 26.3 Å². The molecule has 0 radical (unpaired) electrons. The molecule has 0 unspecified atom stereocenters. The Bertz CT molecular complexity index is 1070. The maximum atomic E-state index is 13.6. The van der Waals surface area contributed by atoms with Crippen molar-refractivity contribution in [2.75, 3.05) is 24.7 Å². The molecule has 10 heteroatoms. The second-order valence-electron chi connectivity index (χ2n) is 9.87. The largest absolute Gasteiger partial charge is 0.493 e. The molecule has 3 rings (SSSR count). The van der Waals surface area contributed by atoms with Crippen molar-refractivity contribution in [3.8, 4) is 5.75 Å². The third-order valence-corrected chi connectivity index (χ3v) is 6.79. The molecule has 0 saturated heterocycles. The van der Waals surface area contributed by atoms with Crippen molar-refractivity contribution in [1.29, 1.82) is 0 Å². The fraction of sp³-hybridized carbons (Fsp3) is 0.517. The number of allylic oxidation sites excluding steroid dienone is 1. The summed E-state index contributed by atoms with van der Waals surface area (Å²) >= 11 is 0. The summed E-state index contributed by atoms with van der Waals surface area (Å²) in [7, 11) is 0. The quantitative estimate of drug-likeness (QED) is 0.214. The molecule has 1 aliphatic rings. The van der Waals surface area contributed by atoms with E-state index in [9.17, 15) is 31.4 Å². The number of rotatable bonds is 12. The molecule has 0 bridgehead atoms. The standard InChI is InChI=1S/C29H36F6N2O2/c1-4-11-22-17-24(27(38,28(30,31)32)29(33,34)35)18-23(12-5-2)26(22)39-16-10-9-15-36-19-21(3)37(20-36)25-13-7-6-8-14-25/h6-8,13-14,17-19,38H,4-5,9-12,15-16,20H2,1-3H3. The number of ether oxygens (including phenoxy) is 1. The molecular formula is C29H36F6N2O2. The number of aryl methyl sites for hydroxylation is 2. The van der Waals surface area contributed by atoms with Gasteiger partial charge in [0.15, 0.2) is 0 Å². The van der Waals surface area contributed by atoms with Crippen LogP contribution in [0.4, 0.5) is 32.0 Å². The minimum absolute atomic E-state index is 0.221. The van der Waals surface area contributed by atoms with E-state index in [1.807, 2.05) is 37.3 Å². The van der Waals surface area contributed by atoms with Crippen LogP contribution in [0.5, 0.6) is 5.75 Å². The number of para-hydroxylation sites is 1. The van der Waals surface area contributed by atoms with E-state index in [0.717, 1.165) is 43.2 Å². The molecule has 1 aliphatic heterocycles.